The summed E-state index contributed by atoms with van der Waals surface area (Å²) in [5, 5.41) is 8.99. The van der Waals surface area contributed by atoms with E-state index in [0.717, 1.165) is 50.8 Å². The van der Waals surface area contributed by atoms with E-state index in [1.54, 1.807) is 19.1 Å². The maximum absolute atomic E-state index is 8.99. The zero-order valence-electron chi connectivity index (χ0n) is 12.4. The van der Waals surface area contributed by atoms with Crippen LogP contribution in [-0.4, -0.2) is 58.7 Å². The van der Waals surface area contributed by atoms with Crippen LogP contribution in [0.1, 0.15) is 5.56 Å². The standard InChI is InChI=1S/C15H24N2O3/c1-19-14-5-3-4-13(15(14)20-2)12-17-8-6-16(7-9-17)10-11-18/h3-5,18H,6-12H2,1-2H3/p+2. The lowest BCUT2D eigenvalue weighted by Crippen LogP contribution is -3.27. The largest absolute Gasteiger partial charge is 0.493 e. The van der Waals surface area contributed by atoms with Crippen LogP contribution in [0.4, 0.5) is 0 Å². The molecule has 0 aliphatic carbocycles. The summed E-state index contributed by atoms with van der Waals surface area (Å²) in [6.07, 6.45) is 0. The molecule has 0 amide bonds. The van der Waals surface area contributed by atoms with Gasteiger partial charge in [-0.1, -0.05) is 6.07 Å². The molecule has 1 aromatic rings. The van der Waals surface area contributed by atoms with E-state index in [1.165, 1.54) is 10.5 Å². The summed E-state index contributed by atoms with van der Waals surface area (Å²) in [6.45, 7) is 6.65. The molecule has 0 atom stereocenters. The molecule has 0 bridgehead atoms. The van der Waals surface area contributed by atoms with Gasteiger partial charge in [0.25, 0.3) is 0 Å². The average Bonchev–Trinajstić information content (AvgIpc) is 2.49. The van der Waals surface area contributed by atoms with Gasteiger partial charge in [0.05, 0.1) is 26.4 Å². The molecule has 5 heteroatoms. The fourth-order valence-electron chi connectivity index (χ4n) is 2.90. The van der Waals surface area contributed by atoms with Gasteiger partial charge < -0.3 is 24.4 Å². The predicted octanol–water partition coefficient (Wildman–Crippen LogP) is -2.02. The number of piperazine rings is 1. The minimum atomic E-state index is 0.286. The topological polar surface area (TPSA) is 47.6 Å². The molecule has 1 saturated heterocycles. The molecule has 0 saturated carbocycles. The van der Waals surface area contributed by atoms with Gasteiger partial charge in [0.2, 0.25) is 0 Å². The molecule has 1 heterocycles. The van der Waals surface area contributed by atoms with E-state index in [2.05, 4.69) is 6.07 Å². The van der Waals surface area contributed by atoms with Crippen molar-refractivity contribution in [3.05, 3.63) is 23.8 Å². The molecule has 112 valence electrons. The zero-order valence-corrected chi connectivity index (χ0v) is 12.4. The number of ether oxygens (including phenoxy) is 2. The van der Waals surface area contributed by atoms with Gasteiger partial charge >= 0.3 is 0 Å². The second-order valence-corrected chi connectivity index (χ2v) is 5.30. The highest BCUT2D eigenvalue weighted by molar-refractivity contribution is 5.46. The van der Waals surface area contributed by atoms with Crippen LogP contribution in [0.25, 0.3) is 0 Å². The number of aliphatic hydroxyl groups is 1. The van der Waals surface area contributed by atoms with Crippen LogP contribution in [-0.2, 0) is 6.54 Å². The summed E-state index contributed by atoms with van der Waals surface area (Å²) in [4.78, 5) is 3.08. The van der Waals surface area contributed by atoms with E-state index in [4.69, 9.17) is 14.6 Å². The highest BCUT2D eigenvalue weighted by atomic mass is 16.5. The third kappa shape index (κ3) is 3.62. The van der Waals surface area contributed by atoms with Crippen LogP contribution in [0.5, 0.6) is 11.5 Å². The first-order valence-corrected chi connectivity index (χ1v) is 7.26. The zero-order chi connectivity index (χ0) is 14.4. The lowest BCUT2D eigenvalue weighted by Gasteiger charge is -2.29. The number of hydrogen-bond donors (Lipinski definition) is 3. The lowest BCUT2D eigenvalue weighted by molar-refractivity contribution is -1.02. The van der Waals surface area contributed by atoms with E-state index in [1.807, 2.05) is 12.1 Å². The number of benzene rings is 1. The normalized spacial score (nSPS) is 22.6. The molecule has 3 N–H and O–H groups in total. The number of quaternary nitrogens is 2. The van der Waals surface area contributed by atoms with Crippen molar-refractivity contribution in [2.45, 2.75) is 6.54 Å². The van der Waals surface area contributed by atoms with Crippen molar-refractivity contribution in [3.8, 4) is 11.5 Å². The molecule has 0 radical (unpaired) electrons. The van der Waals surface area contributed by atoms with Crippen molar-refractivity contribution in [1.82, 2.24) is 0 Å². The van der Waals surface area contributed by atoms with Gasteiger partial charge in [-0.3, -0.25) is 0 Å². The smallest absolute Gasteiger partial charge is 0.169 e. The van der Waals surface area contributed by atoms with Crippen LogP contribution < -0.4 is 19.3 Å². The van der Waals surface area contributed by atoms with E-state index in [-0.39, 0.29) is 6.61 Å². The lowest BCUT2D eigenvalue weighted by atomic mass is 10.1. The van der Waals surface area contributed by atoms with E-state index in [9.17, 15) is 0 Å². The summed E-state index contributed by atoms with van der Waals surface area (Å²) in [7, 11) is 3.37. The number of nitrogens with one attached hydrogen (secondary N) is 2. The Morgan fingerprint density at radius 2 is 1.75 bits per heavy atom. The second kappa shape index (κ2) is 7.47. The number of methoxy groups -OCH3 is 2. The first kappa shape index (κ1) is 15.1. The fraction of sp³-hybridized carbons (Fsp3) is 0.600. The molecule has 5 nitrogen and oxygen atoms in total. The minimum absolute atomic E-state index is 0.286. The Morgan fingerprint density at radius 3 is 2.35 bits per heavy atom. The van der Waals surface area contributed by atoms with E-state index >= 15 is 0 Å². The van der Waals surface area contributed by atoms with Gasteiger partial charge in [0.1, 0.15) is 39.3 Å². The Kier molecular flexibility index (Phi) is 5.64. The Hall–Kier alpha value is -1.30. The molecular formula is C15H26N2O3+2. The third-order valence-corrected chi connectivity index (χ3v) is 4.05. The number of hydrogen-bond acceptors (Lipinski definition) is 3. The fourth-order valence-corrected chi connectivity index (χ4v) is 2.90. The minimum Gasteiger partial charge on any atom is -0.493 e. The van der Waals surface area contributed by atoms with Gasteiger partial charge in [0.15, 0.2) is 11.5 Å². The first-order chi connectivity index (χ1) is 9.78. The van der Waals surface area contributed by atoms with Crippen molar-refractivity contribution in [3.63, 3.8) is 0 Å². The molecule has 0 unspecified atom stereocenters. The quantitative estimate of drug-likeness (QED) is 0.564. The van der Waals surface area contributed by atoms with Crippen LogP contribution in [0.15, 0.2) is 18.2 Å². The van der Waals surface area contributed by atoms with Gasteiger partial charge in [-0.2, -0.15) is 0 Å². The van der Waals surface area contributed by atoms with Crippen molar-refractivity contribution >= 4 is 0 Å². The maximum Gasteiger partial charge on any atom is 0.169 e. The van der Waals surface area contributed by atoms with Gasteiger partial charge in [-0.25, -0.2) is 0 Å². The molecule has 2 rings (SSSR count). The molecule has 20 heavy (non-hydrogen) atoms. The van der Waals surface area contributed by atoms with Crippen LogP contribution in [0, 0.1) is 0 Å². The third-order valence-electron chi connectivity index (χ3n) is 4.05. The van der Waals surface area contributed by atoms with E-state index in [0.29, 0.717) is 0 Å². The first-order valence-electron chi connectivity index (χ1n) is 7.26. The number of aliphatic hydroxyl groups excluding tert-OH is 1. The molecule has 1 fully saturated rings. The molecule has 1 aliphatic rings. The molecule has 1 aromatic carbocycles. The maximum atomic E-state index is 8.99. The van der Waals surface area contributed by atoms with Gasteiger partial charge in [-0.05, 0) is 12.1 Å². The number of para-hydroxylation sites is 1. The Morgan fingerprint density at radius 1 is 1.05 bits per heavy atom. The van der Waals surface area contributed by atoms with Crippen LogP contribution in [0.3, 0.4) is 0 Å². The molecular weight excluding hydrogens is 256 g/mol. The monoisotopic (exact) mass is 282 g/mol. The number of rotatable bonds is 6. The van der Waals surface area contributed by atoms with Crippen molar-refractivity contribution < 1.29 is 24.4 Å². The molecule has 0 spiro atoms. The Balaban J connectivity index is 1.97. The second-order valence-electron chi connectivity index (χ2n) is 5.30. The SMILES string of the molecule is COc1cccc(C[NH+]2CC[NH+](CCO)CC2)c1OC. The van der Waals surface area contributed by atoms with Gasteiger partial charge in [-0.15, -0.1) is 0 Å². The Labute approximate surface area is 120 Å². The van der Waals surface area contributed by atoms with Gasteiger partial charge in [0, 0.05) is 0 Å². The highest BCUT2D eigenvalue weighted by Gasteiger charge is 2.24. The predicted molar refractivity (Wildman–Crippen MR) is 76.6 cm³/mol. The average molecular weight is 282 g/mol. The van der Waals surface area contributed by atoms with Crippen molar-refractivity contribution in [1.29, 1.82) is 0 Å². The van der Waals surface area contributed by atoms with Crippen molar-refractivity contribution in [2.24, 2.45) is 0 Å². The summed E-state index contributed by atoms with van der Waals surface area (Å²) in [6, 6.07) is 6.06. The van der Waals surface area contributed by atoms with Crippen LogP contribution in [0.2, 0.25) is 0 Å². The Bertz CT molecular complexity index is 418. The summed E-state index contributed by atoms with van der Waals surface area (Å²) in [5.41, 5.74) is 1.20. The highest BCUT2D eigenvalue weighted by Crippen LogP contribution is 2.29. The van der Waals surface area contributed by atoms with Crippen LogP contribution >= 0.6 is 0 Å². The summed E-state index contributed by atoms with van der Waals surface area (Å²) >= 11 is 0. The molecule has 0 aromatic heterocycles. The summed E-state index contributed by atoms with van der Waals surface area (Å²) < 4.78 is 10.8. The summed E-state index contributed by atoms with van der Waals surface area (Å²) in [5.74, 6) is 1.65. The van der Waals surface area contributed by atoms with Crippen molar-refractivity contribution in [2.75, 3.05) is 53.6 Å². The van der Waals surface area contributed by atoms with E-state index < -0.39 is 0 Å². The molecule has 1 aliphatic heterocycles.